The number of methoxy groups -OCH3 is 1. The summed E-state index contributed by atoms with van der Waals surface area (Å²) < 4.78 is 7.21. The minimum atomic E-state index is -0.0453. The fourth-order valence-corrected chi connectivity index (χ4v) is 4.56. The van der Waals surface area contributed by atoms with Crippen molar-refractivity contribution in [2.45, 2.75) is 0 Å². The van der Waals surface area contributed by atoms with Crippen LogP contribution in [0.25, 0.3) is 41.8 Å². The number of pyridine rings is 1. The van der Waals surface area contributed by atoms with E-state index in [1.807, 2.05) is 30.3 Å². The second-order valence-electron chi connectivity index (χ2n) is 5.83. The molecule has 0 bridgehead atoms. The van der Waals surface area contributed by atoms with Gasteiger partial charge in [-0.25, -0.2) is 0 Å². The molecule has 24 heavy (non-hydrogen) atoms. The van der Waals surface area contributed by atoms with Crippen LogP contribution in [0.4, 0.5) is 0 Å². The molecule has 5 aromatic rings. The largest absolute Gasteiger partial charge is 0.497 e. The molecule has 1 N–H and O–H groups in total. The van der Waals surface area contributed by atoms with Gasteiger partial charge in [0.05, 0.1) is 12.6 Å². The maximum atomic E-state index is 12.6. The molecule has 0 aliphatic carbocycles. The molecule has 4 heteroatoms. The number of rotatable bonds is 1. The molecule has 0 aliphatic heterocycles. The van der Waals surface area contributed by atoms with Crippen LogP contribution >= 0.6 is 11.3 Å². The van der Waals surface area contributed by atoms with Crippen molar-refractivity contribution >= 4 is 53.2 Å². The lowest BCUT2D eigenvalue weighted by molar-refractivity contribution is 0.415. The molecule has 0 aliphatic rings. The lowest BCUT2D eigenvalue weighted by atomic mass is 10.0. The summed E-state index contributed by atoms with van der Waals surface area (Å²) in [5, 5.41) is 5.62. The number of ether oxygens (including phenoxy) is 1. The Morgan fingerprint density at radius 1 is 0.958 bits per heavy atom. The van der Waals surface area contributed by atoms with Crippen molar-refractivity contribution in [3.63, 3.8) is 0 Å². The molecular weight excluding hydrogens is 318 g/mol. The third kappa shape index (κ3) is 1.74. The average Bonchev–Trinajstić information content (AvgIpc) is 3.02. The van der Waals surface area contributed by atoms with Gasteiger partial charge in [0.2, 0.25) is 0 Å². The van der Waals surface area contributed by atoms with Gasteiger partial charge in [-0.1, -0.05) is 30.3 Å². The Morgan fingerprint density at radius 3 is 2.71 bits per heavy atom. The molecule has 2 aromatic heterocycles. The maximum absolute atomic E-state index is 12.6. The van der Waals surface area contributed by atoms with E-state index in [-0.39, 0.29) is 5.56 Å². The van der Waals surface area contributed by atoms with Gasteiger partial charge in [0.25, 0.3) is 5.56 Å². The van der Waals surface area contributed by atoms with E-state index in [4.69, 9.17) is 4.74 Å². The molecule has 3 aromatic carbocycles. The minimum Gasteiger partial charge on any atom is -0.497 e. The van der Waals surface area contributed by atoms with Gasteiger partial charge in [-0.05, 0) is 29.0 Å². The highest BCUT2D eigenvalue weighted by molar-refractivity contribution is 7.26. The first-order chi connectivity index (χ1) is 11.8. The van der Waals surface area contributed by atoms with Gasteiger partial charge in [0.1, 0.15) is 10.4 Å². The monoisotopic (exact) mass is 331 g/mol. The van der Waals surface area contributed by atoms with E-state index in [2.05, 4.69) is 29.2 Å². The summed E-state index contributed by atoms with van der Waals surface area (Å²) in [5.74, 6) is 0.738. The van der Waals surface area contributed by atoms with Crippen LogP contribution in [0, 0.1) is 0 Å². The van der Waals surface area contributed by atoms with Gasteiger partial charge < -0.3 is 9.72 Å². The molecule has 0 spiro atoms. The van der Waals surface area contributed by atoms with E-state index in [9.17, 15) is 4.79 Å². The maximum Gasteiger partial charge on any atom is 0.266 e. The van der Waals surface area contributed by atoms with E-state index in [1.165, 1.54) is 10.8 Å². The Hall–Kier alpha value is -2.85. The van der Waals surface area contributed by atoms with Crippen LogP contribution in [0.1, 0.15) is 0 Å². The molecule has 0 saturated heterocycles. The zero-order valence-electron chi connectivity index (χ0n) is 12.9. The molecule has 3 nitrogen and oxygen atoms in total. The first-order valence-electron chi connectivity index (χ1n) is 7.70. The highest BCUT2D eigenvalue weighted by atomic mass is 32.1. The predicted octanol–water partition coefficient (Wildman–Crippen LogP) is 5.06. The first kappa shape index (κ1) is 13.6. The van der Waals surface area contributed by atoms with Crippen molar-refractivity contribution in [3.8, 4) is 5.75 Å². The molecule has 2 heterocycles. The van der Waals surface area contributed by atoms with Crippen molar-refractivity contribution in [1.82, 2.24) is 4.98 Å². The van der Waals surface area contributed by atoms with Gasteiger partial charge in [-0.15, -0.1) is 11.3 Å². The van der Waals surface area contributed by atoms with Crippen molar-refractivity contribution in [3.05, 3.63) is 65.0 Å². The minimum absolute atomic E-state index is 0.0453. The van der Waals surface area contributed by atoms with Crippen LogP contribution in [0.5, 0.6) is 5.75 Å². The lowest BCUT2D eigenvalue weighted by Gasteiger charge is -2.05. The number of nitrogens with one attached hydrogen (secondary N) is 1. The number of hydrogen-bond acceptors (Lipinski definition) is 3. The summed E-state index contributed by atoms with van der Waals surface area (Å²) in [6.07, 6.45) is 0. The fraction of sp³-hybridized carbons (Fsp3) is 0.0500. The Kier molecular flexibility index (Phi) is 2.73. The highest BCUT2D eigenvalue weighted by Gasteiger charge is 2.15. The Morgan fingerprint density at radius 2 is 1.83 bits per heavy atom. The summed E-state index contributed by atoms with van der Waals surface area (Å²) in [6.45, 7) is 0. The average molecular weight is 331 g/mol. The van der Waals surface area contributed by atoms with Gasteiger partial charge in [-0.3, -0.25) is 4.79 Å². The van der Waals surface area contributed by atoms with Crippen LogP contribution < -0.4 is 10.3 Å². The zero-order chi connectivity index (χ0) is 16.3. The summed E-state index contributed by atoms with van der Waals surface area (Å²) in [6, 6.07) is 18.4. The standard InChI is InChI=1S/C20H13NO2S/c1-23-12-7-8-14-15(10-12)21-20(22)19-18(14)17-13-5-3-2-4-11(13)6-9-16(17)24-19/h2-10H,1H3,(H,21,22). The Balaban J connectivity index is 2.12. The SMILES string of the molecule is COc1ccc2c(c1)[nH]c(=O)c1sc3ccc4ccccc4c3c12. The quantitative estimate of drug-likeness (QED) is 0.466. The van der Waals surface area contributed by atoms with E-state index < -0.39 is 0 Å². The van der Waals surface area contributed by atoms with Crippen molar-refractivity contribution in [2.75, 3.05) is 7.11 Å². The number of fused-ring (bicyclic) bond motifs is 7. The van der Waals surface area contributed by atoms with Gasteiger partial charge in [0.15, 0.2) is 0 Å². The van der Waals surface area contributed by atoms with Crippen LogP contribution in [-0.2, 0) is 0 Å². The van der Waals surface area contributed by atoms with Crippen molar-refractivity contribution in [1.29, 1.82) is 0 Å². The normalized spacial score (nSPS) is 11.7. The molecule has 0 amide bonds. The summed E-state index contributed by atoms with van der Waals surface area (Å²) >= 11 is 1.55. The number of H-pyrrole nitrogens is 1. The number of hydrogen-bond donors (Lipinski definition) is 1. The van der Waals surface area contributed by atoms with Crippen LogP contribution in [0.15, 0.2) is 59.4 Å². The summed E-state index contributed by atoms with van der Waals surface area (Å²) in [5.41, 5.74) is 0.760. The second kappa shape index (κ2) is 4.82. The van der Waals surface area contributed by atoms with E-state index in [0.717, 1.165) is 36.8 Å². The first-order valence-corrected chi connectivity index (χ1v) is 8.52. The van der Waals surface area contributed by atoms with Gasteiger partial charge >= 0.3 is 0 Å². The molecule has 0 unspecified atom stereocenters. The van der Waals surface area contributed by atoms with E-state index in [0.29, 0.717) is 0 Å². The van der Waals surface area contributed by atoms with Crippen molar-refractivity contribution < 1.29 is 4.74 Å². The van der Waals surface area contributed by atoms with Gasteiger partial charge in [0, 0.05) is 26.9 Å². The molecular formula is C20H13NO2S. The Bertz CT molecular complexity index is 1310. The van der Waals surface area contributed by atoms with Crippen LogP contribution in [0.3, 0.4) is 0 Å². The second-order valence-corrected chi connectivity index (χ2v) is 6.88. The molecule has 0 atom stereocenters. The number of benzene rings is 3. The lowest BCUT2D eigenvalue weighted by Crippen LogP contribution is -2.04. The molecule has 0 saturated carbocycles. The molecule has 0 fully saturated rings. The third-order valence-corrected chi connectivity index (χ3v) is 5.68. The zero-order valence-corrected chi connectivity index (χ0v) is 13.7. The smallest absolute Gasteiger partial charge is 0.266 e. The molecule has 0 radical (unpaired) electrons. The summed E-state index contributed by atoms with van der Waals surface area (Å²) in [4.78, 5) is 15.6. The topological polar surface area (TPSA) is 42.1 Å². The fourth-order valence-electron chi connectivity index (χ4n) is 3.44. The third-order valence-electron chi connectivity index (χ3n) is 4.53. The number of aromatic nitrogens is 1. The Labute approximate surface area is 141 Å². The van der Waals surface area contributed by atoms with E-state index in [1.54, 1.807) is 18.4 Å². The van der Waals surface area contributed by atoms with Gasteiger partial charge in [-0.2, -0.15) is 0 Å². The summed E-state index contributed by atoms with van der Waals surface area (Å²) in [7, 11) is 1.63. The predicted molar refractivity (Wildman–Crippen MR) is 102 cm³/mol. The molecule has 116 valence electrons. The van der Waals surface area contributed by atoms with Crippen molar-refractivity contribution in [2.24, 2.45) is 0 Å². The highest BCUT2D eigenvalue weighted by Crippen LogP contribution is 2.40. The van der Waals surface area contributed by atoms with Crippen LogP contribution in [0.2, 0.25) is 0 Å². The number of thiophene rings is 1. The number of aromatic amines is 1. The van der Waals surface area contributed by atoms with E-state index >= 15 is 0 Å². The van der Waals surface area contributed by atoms with Crippen LogP contribution in [-0.4, -0.2) is 12.1 Å². The molecule has 5 rings (SSSR count).